The third-order valence-electron chi connectivity index (χ3n) is 2.29. The molecule has 1 aromatic carbocycles. The van der Waals surface area contributed by atoms with E-state index in [1.165, 1.54) is 0 Å². The number of hydrogen-bond acceptors (Lipinski definition) is 4. The minimum Gasteiger partial charge on any atom is -0.383 e. The van der Waals surface area contributed by atoms with Gasteiger partial charge in [-0.25, -0.2) is 0 Å². The molecule has 0 aliphatic carbocycles. The molecule has 0 saturated carbocycles. The van der Waals surface area contributed by atoms with Crippen molar-refractivity contribution in [1.29, 1.82) is 0 Å². The molecule has 0 saturated heterocycles. The van der Waals surface area contributed by atoms with Gasteiger partial charge in [0.05, 0.1) is 5.71 Å². The molecule has 5 heteroatoms. The van der Waals surface area contributed by atoms with Crippen molar-refractivity contribution >= 4 is 17.3 Å². The fourth-order valence-electron chi connectivity index (χ4n) is 1.32. The van der Waals surface area contributed by atoms with Crippen LogP contribution in [0, 0.1) is 0 Å². The molecule has 0 heterocycles. The summed E-state index contributed by atoms with van der Waals surface area (Å²) in [5.41, 5.74) is 1.82. The van der Waals surface area contributed by atoms with Crippen LogP contribution < -0.4 is 10.6 Å². The highest BCUT2D eigenvalue weighted by atomic mass is 16.6. The molecule has 0 fully saturated rings. The number of nitrogens with one attached hydrogen (secondary N) is 2. The number of amides is 1. The summed E-state index contributed by atoms with van der Waals surface area (Å²) in [7, 11) is 0. The summed E-state index contributed by atoms with van der Waals surface area (Å²) in [6, 6.07) is 9.84. The highest BCUT2D eigenvalue weighted by molar-refractivity contribution is 5.81. The van der Waals surface area contributed by atoms with E-state index in [9.17, 15) is 4.79 Å². The minimum atomic E-state index is -0.577. The fourth-order valence-corrected chi connectivity index (χ4v) is 1.32. The molecule has 1 rings (SSSR count). The van der Waals surface area contributed by atoms with Crippen molar-refractivity contribution < 1.29 is 9.63 Å². The molecule has 104 valence electrons. The first-order valence-corrected chi connectivity index (χ1v) is 6.33. The van der Waals surface area contributed by atoms with Crippen molar-refractivity contribution in [1.82, 2.24) is 5.32 Å². The highest BCUT2D eigenvalue weighted by Gasteiger charge is 2.12. The molecule has 0 aromatic heterocycles. The molecule has 0 radical (unpaired) electrons. The second-order valence-electron chi connectivity index (χ2n) is 4.37. The Bertz CT molecular complexity index is 414. The number of hydrogen-bond donors (Lipinski definition) is 2. The lowest BCUT2D eigenvalue weighted by Crippen LogP contribution is -2.36. The maximum atomic E-state index is 11.6. The Morgan fingerprint density at radius 2 is 1.95 bits per heavy atom. The zero-order valence-electron chi connectivity index (χ0n) is 11.6. The second kappa shape index (κ2) is 8.13. The average molecular weight is 263 g/mol. The molecule has 0 bridgehead atoms. The van der Waals surface area contributed by atoms with Gasteiger partial charge in [-0.1, -0.05) is 23.4 Å². The number of nitrogens with zero attached hydrogens (tertiary/aromatic N) is 1. The van der Waals surface area contributed by atoms with E-state index in [-0.39, 0.29) is 5.91 Å². The van der Waals surface area contributed by atoms with E-state index in [0.29, 0.717) is 13.1 Å². The third kappa shape index (κ3) is 6.45. The normalized spacial score (nSPS) is 11.3. The molecule has 0 aliphatic heterocycles. The summed E-state index contributed by atoms with van der Waals surface area (Å²) in [5.74, 6) is -0.167. The Morgan fingerprint density at radius 1 is 1.26 bits per heavy atom. The molecular formula is C14H21N3O2. The van der Waals surface area contributed by atoms with E-state index in [0.717, 1.165) is 11.4 Å². The summed E-state index contributed by atoms with van der Waals surface area (Å²) in [6.45, 7) is 6.50. The van der Waals surface area contributed by atoms with Gasteiger partial charge in [0.2, 0.25) is 6.10 Å². The number of benzene rings is 1. The van der Waals surface area contributed by atoms with Crippen LogP contribution in [0.5, 0.6) is 0 Å². The van der Waals surface area contributed by atoms with E-state index in [1.807, 2.05) is 44.2 Å². The van der Waals surface area contributed by atoms with Gasteiger partial charge in [0.1, 0.15) is 0 Å². The van der Waals surface area contributed by atoms with E-state index in [2.05, 4.69) is 15.8 Å². The molecule has 0 spiro atoms. The Labute approximate surface area is 114 Å². The Balaban J connectivity index is 2.18. The van der Waals surface area contributed by atoms with Gasteiger partial charge in [0.25, 0.3) is 5.91 Å². The van der Waals surface area contributed by atoms with Crippen LogP contribution in [-0.4, -0.2) is 30.8 Å². The predicted molar refractivity (Wildman–Crippen MR) is 77.3 cm³/mol. The fraction of sp³-hybridized carbons (Fsp3) is 0.429. The Morgan fingerprint density at radius 3 is 2.58 bits per heavy atom. The van der Waals surface area contributed by atoms with E-state index < -0.39 is 6.10 Å². The van der Waals surface area contributed by atoms with Crippen molar-refractivity contribution in [2.75, 3.05) is 18.4 Å². The first-order chi connectivity index (χ1) is 9.09. The quantitative estimate of drug-likeness (QED) is 0.449. The van der Waals surface area contributed by atoms with E-state index in [4.69, 9.17) is 4.84 Å². The molecule has 1 atom stereocenters. The summed E-state index contributed by atoms with van der Waals surface area (Å²) in [4.78, 5) is 16.7. The zero-order valence-corrected chi connectivity index (χ0v) is 11.6. The molecule has 19 heavy (non-hydrogen) atoms. The monoisotopic (exact) mass is 263 g/mol. The largest absolute Gasteiger partial charge is 0.383 e. The summed E-state index contributed by atoms with van der Waals surface area (Å²) < 4.78 is 0. The predicted octanol–water partition coefficient (Wildman–Crippen LogP) is 2.02. The van der Waals surface area contributed by atoms with Crippen LogP contribution in [0.1, 0.15) is 20.8 Å². The number of oxime groups is 1. The van der Waals surface area contributed by atoms with Crippen LogP contribution in [0.25, 0.3) is 0 Å². The van der Waals surface area contributed by atoms with E-state index in [1.54, 1.807) is 6.92 Å². The molecule has 1 unspecified atom stereocenters. The van der Waals surface area contributed by atoms with Gasteiger partial charge in [-0.3, -0.25) is 4.79 Å². The summed E-state index contributed by atoms with van der Waals surface area (Å²) >= 11 is 0. The van der Waals surface area contributed by atoms with Gasteiger partial charge in [0.15, 0.2) is 0 Å². The molecule has 0 aliphatic rings. The third-order valence-corrected chi connectivity index (χ3v) is 2.29. The lowest BCUT2D eigenvalue weighted by Gasteiger charge is -2.11. The van der Waals surface area contributed by atoms with Crippen molar-refractivity contribution in [3.05, 3.63) is 30.3 Å². The van der Waals surface area contributed by atoms with Gasteiger partial charge >= 0.3 is 0 Å². The Hall–Kier alpha value is -2.04. The van der Waals surface area contributed by atoms with Crippen LogP contribution in [-0.2, 0) is 9.63 Å². The number of carbonyl (C=O) groups is 1. The maximum absolute atomic E-state index is 11.6. The lowest BCUT2D eigenvalue weighted by molar-refractivity contribution is -0.131. The molecule has 2 N–H and O–H groups in total. The standard InChI is InChI=1S/C14H21N3O2/c1-11(2)17-19-12(3)14(18)16-10-9-15-13-7-5-4-6-8-13/h4-8,12,15H,9-10H2,1-3H3,(H,16,18). The number of rotatable bonds is 7. The summed E-state index contributed by atoms with van der Waals surface area (Å²) in [6.07, 6.45) is -0.577. The second-order valence-corrected chi connectivity index (χ2v) is 4.37. The average Bonchev–Trinajstić information content (AvgIpc) is 2.41. The zero-order chi connectivity index (χ0) is 14.1. The topological polar surface area (TPSA) is 62.7 Å². The smallest absolute Gasteiger partial charge is 0.263 e. The molecule has 5 nitrogen and oxygen atoms in total. The number of carbonyl (C=O) groups excluding carboxylic acids is 1. The first-order valence-electron chi connectivity index (χ1n) is 6.33. The van der Waals surface area contributed by atoms with Gasteiger partial charge in [-0.05, 0) is 32.9 Å². The molecule has 1 amide bonds. The van der Waals surface area contributed by atoms with Crippen LogP contribution >= 0.6 is 0 Å². The first kappa shape index (κ1) is 15.0. The van der Waals surface area contributed by atoms with Gasteiger partial charge < -0.3 is 15.5 Å². The van der Waals surface area contributed by atoms with Crippen LogP contribution in [0.4, 0.5) is 5.69 Å². The summed E-state index contributed by atoms with van der Waals surface area (Å²) in [5, 5.41) is 9.75. The van der Waals surface area contributed by atoms with Gasteiger partial charge in [-0.2, -0.15) is 0 Å². The van der Waals surface area contributed by atoms with Crippen molar-refractivity contribution in [3.63, 3.8) is 0 Å². The minimum absolute atomic E-state index is 0.167. The lowest BCUT2D eigenvalue weighted by atomic mass is 10.3. The van der Waals surface area contributed by atoms with E-state index >= 15 is 0 Å². The van der Waals surface area contributed by atoms with Crippen molar-refractivity contribution in [2.45, 2.75) is 26.9 Å². The Kier molecular flexibility index (Phi) is 6.43. The van der Waals surface area contributed by atoms with Crippen LogP contribution in [0.15, 0.2) is 35.5 Å². The van der Waals surface area contributed by atoms with Gasteiger partial charge in [0, 0.05) is 18.8 Å². The number of para-hydroxylation sites is 1. The molecule has 1 aromatic rings. The van der Waals surface area contributed by atoms with Crippen LogP contribution in [0.2, 0.25) is 0 Å². The molecular weight excluding hydrogens is 242 g/mol. The number of anilines is 1. The SMILES string of the molecule is CC(C)=NOC(C)C(=O)NCCNc1ccccc1. The highest BCUT2D eigenvalue weighted by Crippen LogP contribution is 2.03. The van der Waals surface area contributed by atoms with Gasteiger partial charge in [-0.15, -0.1) is 0 Å². The maximum Gasteiger partial charge on any atom is 0.263 e. The van der Waals surface area contributed by atoms with Crippen LogP contribution in [0.3, 0.4) is 0 Å². The van der Waals surface area contributed by atoms with Crippen molar-refractivity contribution in [3.8, 4) is 0 Å². The van der Waals surface area contributed by atoms with Crippen molar-refractivity contribution in [2.24, 2.45) is 5.16 Å².